The zero-order valence-electron chi connectivity index (χ0n) is 17.4. The average molecular weight is 399 g/mol. The highest BCUT2D eigenvalue weighted by molar-refractivity contribution is 5.81. The topological polar surface area (TPSA) is 81.5 Å². The number of methoxy groups -OCH3 is 2. The molecular weight excluding hydrogens is 370 g/mol. The molecule has 1 fully saturated rings. The predicted molar refractivity (Wildman–Crippen MR) is 108 cm³/mol. The van der Waals surface area contributed by atoms with E-state index in [0.717, 1.165) is 68.6 Å². The molecular formula is C21H29N5O3. The van der Waals surface area contributed by atoms with Gasteiger partial charge in [-0.05, 0) is 37.5 Å². The molecule has 2 heterocycles. The lowest BCUT2D eigenvalue weighted by Crippen LogP contribution is -2.31. The van der Waals surface area contributed by atoms with Crippen LogP contribution in [-0.2, 0) is 24.3 Å². The lowest BCUT2D eigenvalue weighted by molar-refractivity contribution is -0.123. The molecule has 8 heteroatoms. The summed E-state index contributed by atoms with van der Waals surface area (Å²) in [4.78, 5) is 14.5. The van der Waals surface area contributed by atoms with Crippen molar-refractivity contribution in [2.45, 2.75) is 45.3 Å². The largest absolute Gasteiger partial charge is 0.493 e. The zero-order valence-corrected chi connectivity index (χ0v) is 17.4. The van der Waals surface area contributed by atoms with Gasteiger partial charge in [0, 0.05) is 38.5 Å². The van der Waals surface area contributed by atoms with Crippen molar-refractivity contribution in [2.75, 3.05) is 27.3 Å². The van der Waals surface area contributed by atoms with Crippen LogP contribution in [0.15, 0.2) is 18.2 Å². The van der Waals surface area contributed by atoms with Gasteiger partial charge in [-0.25, -0.2) is 0 Å². The zero-order chi connectivity index (χ0) is 20.4. The molecule has 0 saturated heterocycles. The number of fused-ring (bicyclic) bond motifs is 1. The van der Waals surface area contributed by atoms with Crippen LogP contribution in [-0.4, -0.2) is 52.9 Å². The van der Waals surface area contributed by atoms with Crippen LogP contribution in [0.25, 0.3) is 0 Å². The summed E-state index contributed by atoms with van der Waals surface area (Å²) in [6.45, 7) is 5.45. The van der Waals surface area contributed by atoms with E-state index >= 15 is 0 Å². The molecule has 156 valence electrons. The number of ether oxygens (including phenoxy) is 2. The Bertz CT molecular complexity index is 877. The van der Waals surface area contributed by atoms with Gasteiger partial charge in [-0.2, -0.15) is 0 Å². The number of hydrogen-bond donors (Lipinski definition) is 1. The summed E-state index contributed by atoms with van der Waals surface area (Å²) in [5.41, 5.74) is 1.19. The van der Waals surface area contributed by atoms with Gasteiger partial charge in [0.15, 0.2) is 17.3 Å². The highest BCUT2D eigenvalue weighted by Gasteiger charge is 2.31. The van der Waals surface area contributed by atoms with Crippen LogP contribution in [0.3, 0.4) is 0 Å². The van der Waals surface area contributed by atoms with Gasteiger partial charge in [-0.1, -0.05) is 6.07 Å². The van der Waals surface area contributed by atoms with Crippen LogP contribution >= 0.6 is 0 Å². The Labute approximate surface area is 171 Å². The lowest BCUT2D eigenvalue weighted by Gasteiger charge is -2.21. The first kappa shape index (κ1) is 19.7. The van der Waals surface area contributed by atoms with E-state index < -0.39 is 0 Å². The molecule has 1 aliphatic heterocycles. The number of amides is 1. The molecule has 1 amide bonds. The summed E-state index contributed by atoms with van der Waals surface area (Å²) in [5.74, 6) is 3.66. The molecule has 2 aliphatic rings. The quantitative estimate of drug-likeness (QED) is 0.766. The third-order valence-corrected chi connectivity index (χ3v) is 5.70. The molecule has 0 radical (unpaired) electrons. The van der Waals surface area contributed by atoms with Crippen LogP contribution in [0.1, 0.15) is 43.0 Å². The normalized spacial score (nSPS) is 17.9. The first-order valence-corrected chi connectivity index (χ1v) is 10.2. The second-order valence-corrected chi connectivity index (χ2v) is 7.85. The Morgan fingerprint density at radius 1 is 1.17 bits per heavy atom. The average Bonchev–Trinajstić information content (AvgIpc) is 3.53. The molecule has 1 aromatic heterocycles. The Morgan fingerprint density at radius 2 is 1.97 bits per heavy atom. The molecule has 0 spiro atoms. The van der Waals surface area contributed by atoms with Gasteiger partial charge in [0.05, 0.1) is 20.3 Å². The van der Waals surface area contributed by atoms with Crippen molar-refractivity contribution in [1.82, 2.24) is 25.0 Å². The molecule has 8 nitrogen and oxygen atoms in total. The Hall–Kier alpha value is -2.61. The van der Waals surface area contributed by atoms with E-state index in [1.807, 2.05) is 19.1 Å². The molecule has 1 saturated carbocycles. The summed E-state index contributed by atoms with van der Waals surface area (Å²) in [6.07, 6.45) is 2.84. The first-order valence-electron chi connectivity index (χ1n) is 10.2. The van der Waals surface area contributed by atoms with Gasteiger partial charge < -0.3 is 19.4 Å². The lowest BCUT2D eigenvalue weighted by atomic mass is 10.2. The number of carbonyl (C=O) groups excluding carboxylic acids is 1. The van der Waals surface area contributed by atoms with Gasteiger partial charge in [0.25, 0.3) is 0 Å². The maximum atomic E-state index is 12.1. The molecule has 1 aliphatic carbocycles. The van der Waals surface area contributed by atoms with Gasteiger partial charge in [0.1, 0.15) is 5.82 Å². The van der Waals surface area contributed by atoms with Gasteiger partial charge in [0.2, 0.25) is 5.91 Å². The van der Waals surface area contributed by atoms with Crippen molar-refractivity contribution in [2.24, 2.45) is 5.92 Å². The van der Waals surface area contributed by atoms with Gasteiger partial charge >= 0.3 is 0 Å². The van der Waals surface area contributed by atoms with E-state index in [1.54, 1.807) is 14.2 Å². The third-order valence-electron chi connectivity index (χ3n) is 5.70. The van der Waals surface area contributed by atoms with Crippen molar-refractivity contribution in [1.29, 1.82) is 0 Å². The molecule has 1 N–H and O–H groups in total. The van der Waals surface area contributed by atoms with E-state index in [1.165, 1.54) is 5.56 Å². The fourth-order valence-electron chi connectivity index (χ4n) is 3.85. The second-order valence-electron chi connectivity index (χ2n) is 7.85. The fourth-order valence-corrected chi connectivity index (χ4v) is 3.85. The Morgan fingerprint density at radius 3 is 2.69 bits per heavy atom. The monoisotopic (exact) mass is 399 g/mol. The van der Waals surface area contributed by atoms with Crippen LogP contribution in [0.5, 0.6) is 11.5 Å². The molecule has 0 unspecified atom stereocenters. The summed E-state index contributed by atoms with van der Waals surface area (Å²) in [5, 5.41) is 11.9. The molecule has 1 atom stereocenters. The number of nitrogens with one attached hydrogen (secondary N) is 1. The number of rotatable bonds is 7. The van der Waals surface area contributed by atoms with E-state index in [-0.39, 0.29) is 17.9 Å². The Kier molecular flexibility index (Phi) is 5.71. The minimum Gasteiger partial charge on any atom is -0.493 e. The fraction of sp³-hybridized carbons (Fsp3) is 0.571. The number of benzene rings is 1. The minimum absolute atomic E-state index is 0.123. The van der Waals surface area contributed by atoms with E-state index in [4.69, 9.17) is 9.47 Å². The Balaban J connectivity index is 1.41. The molecule has 29 heavy (non-hydrogen) atoms. The molecule has 0 bridgehead atoms. The number of hydrogen-bond acceptors (Lipinski definition) is 6. The summed E-state index contributed by atoms with van der Waals surface area (Å²) < 4.78 is 12.9. The van der Waals surface area contributed by atoms with Crippen LogP contribution in [0.2, 0.25) is 0 Å². The van der Waals surface area contributed by atoms with Crippen molar-refractivity contribution in [3.05, 3.63) is 35.4 Å². The molecule has 1 aromatic carbocycles. The van der Waals surface area contributed by atoms with Crippen molar-refractivity contribution >= 4 is 5.91 Å². The van der Waals surface area contributed by atoms with E-state index in [9.17, 15) is 4.79 Å². The van der Waals surface area contributed by atoms with Crippen LogP contribution in [0.4, 0.5) is 0 Å². The minimum atomic E-state index is -0.123. The smallest absolute Gasteiger partial charge is 0.223 e. The first-order chi connectivity index (χ1) is 14.1. The second kappa shape index (κ2) is 8.41. The third kappa shape index (κ3) is 4.37. The molecule has 2 aromatic rings. The van der Waals surface area contributed by atoms with E-state index in [2.05, 4.69) is 31.0 Å². The predicted octanol–water partition coefficient (Wildman–Crippen LogP) is 1.94. The SMILES string of the molecule is COc1ccc(CN2CCc3nnc([C@H](C)NC(=O)C4CC4)n3CC2)cc1OC. The standard InChI is InChI=1S/C21H29N5O3/c1-14(22-21(27)16-5-6-16)20-24-23-19-8-9-25(10-11-26(19)20)13-15-4-7-17(28-2)18(12-15)29-3/h4,7,12,14,16H,5-6,8-11,13H2,1-3H3,(H,22,27)/t14-/m0/s1. The highest BCUT2D eigenvalue weighted by Crippen LogP contribution is 2.30. The molecule has 4 rings (SSSR count). The number of nitrogens with zero attached hydrogens (tertiary/aromatic N) is 4. The van der Waals surface area contributed by atoms with Gasteiger partial charge in [-0.15, -0.1) is 10.2 Å². The van der Waals surface area contributed by atoms with Crippen molar-refractivity contribution in [3.8, 4) is 11.5 Å². The maximum Gasteiger partial charge on any atom is 0.223 e. The van der Waals surface area contributed by atoms with Crippen LogP contribution in [0, 0.1) is 5.92 Å². The summed E-state index contributed by atoms with van der Waals surface area (Å²) in [7, 11) is 3.30. The highest BCUT2D eigenvalue weighted by atomic mass is 16.5. The van der Waals surface area contributed by atoms with Crippen molar-refractivity contribution < 1.29 is 14.3 Å². The van der Waals surface area contributed by atoms with Gasteiger partial charge in [-0.3, -0.25) is 9.69 Å². The number of carbonyl (C=O) groups is 1. The van der Waals surface area contributed by atoms with E-state index in [0.29, 0.717) is 0 Å². The van der Waals surface area contributed by atoms with Crippen LogP contribution < -0.4 is 14.8 Å². The summed E-state index contributed by atoms with van der Waals surface area (Å²) >= 11 is 0. The maximum absolute atomic E-state index is 12.1. The van der Waals surface area contributed by atoms with Crippen molar-refractivity contribution in [3.63, 3.8) is 0 Å². The number of aromatic nitrogens is 3. The summed E-state index contributed by atoms with van der Waals surface area (Å²) in [6, 6.07) is 5.93.